The third kappa shape index (κ3) is 4.74. The molecule has 0 unspecified atom stereocenters. The first-order valence-electron chi connectivity index (χ1n) is 5.28. The van der Waals surface area contributed by atoms with Gasteiger partial charge in [-0.3, -0.25) is 4.79 Å². The van der Waals surface area contributed by atoms with Crippen LogP contribution in [0.15, 0.2) is 16.8 Å². The molecule has 0 saturated heterocycles. The van der Waals surface area contributed by atoms with Crippen molar-refractivity contribution >= 4 is 17.2 Å². The van der Waals surface area contributed by atoms with Gasteiger partial charge in [-0.2, -0.15) is 11.3 Å². The normalized spacial score (nSPS) is 12.4. The van der Waals surface area contributed by atoms with Crippen molar-refractivity contribution in [3.63, 3.8) is 0 Å². The predicted molar refractivity (Wildman–Crippen MR) is 63.4 cm³/mol. The van der Waals surface area contributed by atoms with Crippen molar-refractivity contribution in [1.82, 2.24) is 5.32 Å². The number of aliphatic hydroxyl groups is 1. The molecule has 4 nitrogen and oxygen atoms in total. The second-order valence-corrected chi connectivity index (χ2v) is 4.13. The van der Waals surface area contributed by atoms with Crippen LogP contribution in [0.25, 0.3) is 0 Å². The van der Waals surface area contributed by atoms with E-state index >= 15 is 0 Å². The molecule has 2 N–H and O–H groups in total. The van der Waals surface area contributed by atoms with Gasteiger partial charge in [0.15, 0.2) is 0 Å². The van der Waals surface area contributed by atoms with Crippen molar-refractivity contribution in [2.75, 3.05) is 19.8 Å². The fourth-order valence-electron chi connectivity index (χ4n) is 1.23. The second kappa shape index (κ2) is 7.38. The van der Waals surface area contributed by atoms with E-state index in [4.69, 9.17) is 4.74 Å². The van der Waals surface area contributed by atoms with Crippen LogP contribution < -0.4 is 5.32 Å². The van der Waals surface area contributed by atoms with Crippen LogP contribution in [0.3, 0.4) is 0 Å². The van der Waals surface area contributed by atoms with E-state index in [2.05, 4.69) is 5.32 Å². The zero-order valence-electron chi connectivity index (χ0n) is 9.31. The highest BCUT2D eigenvalue weighted by Gasteiger charge is 2.08. The lowest BCUT2D eigenvalue weighted by atomic mass is 10.1. The molecule has 0 aliphatic rings. The number of nitrogens with one attached hydrogen (secondary N) is 1. The number of carbonyl (C=O) groups is 1. The lowest BCUT2D eigenvalue weighted by molar-refractivity contribution is -0.125. The summed E-state index contributed by atoms with van der Waals surface area (Å²) in [4.78, 5) is 11.2. The van der Waals surface area contributed by atoms with Gasteiger partial charge in [0.2, 0.25) is 5.91 Å². The third-order valence-electron chi connectivity index (χ3n) is 2.11. The molecule has 0 fully saturated rings. The highest BCUT2D eigenvalue weighted by atomic mass is 32.1. The highest BCUT2D eigenvalue weighted by molar-refractivity contribution is 7.07. The molecule has 1 aromatic rings. The standard InChI is InChI=1S/C11H17NO3S/c1-2-15-7-11(14)12-5-3-10(13)9-4-6-16-8-9/h4,6,8,10,13H,2-3,5,7H2,1H3,(H,12,14)/t10-/m0/s1. The first-order valence-corrected chi connectivity index (χ1v) is 6.23. The van der Waals surface area contributed by atoms with Crippen LogP contribution in [-0.2, 0) is 9.53 Å². The molecule has 0 aliphatic carbocycles. The number of hydrogen-bond acceptors (Lipinski definition) is 4. The van der Waals surface area contributed by atoms with Crippen LogP contribution in [0.4, 0.5) is 0 Å². The monoisotopic (exact) mass is 243 g/mol. The number of ether oxygens (including phenoxy) is 1. The van der Waals surface area contributed by atoms with Crippen molar-refractivity contribution in [1.29, 1.82) is 0 Å². The van der Waals surface area contributed by atoms with E-state index in [1.165, 1.54) is 0 Å². The average molecular weight is 243 g/mol. The minimum Gasteiger partial charge on any atom is -0.388 e. The second-order valence-electron chi connectivity index (χ2n) is 3.35. The Morgan fingerprint density at radius 3 is 3.12 bits per heavy atom. The van der Waals surface area contributed by atoms with E-state index in [0.29, 0.717) is 19.6 Å². The molecule has 5 heteroatoms. The third-order valence-corrected chi connectivity index (χ3v) is 2.81. The zero-order chi connectivity index (χ0) is 11.8. The van der Waals surface area contributed by atoms with Crippen molar-refractivity contribution in [2.45, 2.75) is 19.4 Å². The fraction of sp³-hybridized carbons (Fsp3) is 0.545. The van der Waals surface area contributed by atoms with Gasteiger partial charge < -0.3 is 15.2 Å². The Hall–Kier alpha value is -0.910. The van der Waals surface area contributed by atoms with E-state index in [1.54, 1.807) is 11.3 Å². The SMILES string of the molecule is CCOCC(=O)NCC[C@H](O)c1ccsc1. The number of aliphatic hydroxyl groups excluding tert-OH is 1. The molecule has 0 saturated carbocycles. The minimum absolute atomic E-state index is 0.0883. The summed E-state index contributed by atoms with van der Waals surface area (Å²) in [5, 5.41) is 16.2. The van der Waals surface area contributed by atoms with Gasteiger partial charge in [-0.05, 0) is 35.7 Å². The van der Waals surface area contributed by atoms with Crippen molar-refractivity contribution in [3.8, 4) is 0 Å². The van der Waals surface area contributed by atoms with Crippen LogP contribution in [0.1, 0.15) is 25.0 Å². The summed E-state index contributed by atoms with van der Waals surface area (Å²) < 4.78 is 4.95. The molecular formula is C11H17NO3S. The molecule has 0 bridgehead atoms. The van der Waals surface area contributed by atoms with Gasteiger partial charge in [0.05, 0.1) is 6.10 Å². The summed E-state index contributed by atoms with van der Waals surface area (Å²) in [5.74, 6) is -0.139. The summed E-state index contributed by atoms with van der Waals surface area (Å²) in [6.45, 7) is 2.92. The van der Waals surface area contributed by atoms with E-state index in [-0.39, 0.29) is 12.5 Å². The molecule has 0 aliphatic heterocycles. The van der Waals surface area contributed by atoms with Gasteiger partial charge in [0.1, 0.15) is 6.61 Å². The fourth-order valence-corrected chi connectivity index (χ4v) is 1.93. The molecule has 1 atom stereocenters. The van der Waals surface area contributed by atoms with Crippen molar-refractivity contribution in [2.24, 2.45) is 0 Å². The molecule has 1 aromatic heterocycles. The molecule has 1 heterocycles. The van der Waals surface area contributed by atoms with Crippen molar-refractivity contribution < 1.29 is 14.6 Å². The number of carbonyl (C=O) groups excluding carboxylic acids is 1. The molecular weight excluding hydrogens is 226 g/mol. The van der Waals surface area contributed by atoms with E-state index in [1.807, 2.05) is 23.8 Å². The molecule has 16 heavy (non-hydrogen) atoms. The summed E-state index contributed by atoms with van der Waals surface area (Å²) in [6, 6.07) is 1.89. The molecule has 90 valence electrons. The largest absolute Gasteiger partial charge is 0.388 e. The smallest absolute Gasteiger partial charge is 0.245 e. The first-order chi connectivity index (χ1) is 7.74. The molecule has 0 radical (unpaired) electrons. The van der Waals surface area contributed by atoms with Gasteiger partial charge in [-0.15, -0.1) is 0 Å². The molecule has 1 rings (SSSR count). The summed E-state index contributed by atoms with van der Waals surface area (Å²) in [6.07, 6.45) is 0.0212. The van der Waals surface area contributed by atoms with Gasteiger partial charge in [0, 0.05) is 13.2 Å². The maximum Gasteiger partial charge on any atom is 0.245 e. The average Bonchev–Trinajstić information content (AvgIpc) is 2.79. The summed E-state index contributed by atoms with van der Waals surface area (Å²) in [5.41, 5.74) is 0.907. The van der Waals surface area contributed by atoms with Crippen LogP contribution in [0, 0.1) is 0 Å². The van der Waals surface area contributed by atoms with Crippen LogP contribution in [0.2, 0.25) is 0 Å². The first kappa shape index (κ1) is 13.2. The van der Waals surface area contributed by atoms with Gasteiger partial charge in [-0.25, -0.2) is 0 Å². The van der Waals surface area contributed by atoms with Gasteiger partial charge in [0.25, 0.3) is 0 Å². The number of rotatable bonds is 7. The number of amides is 1. The summed E-state index contributed by atoms with van der Waals surface area (Å²) >= 11 is 1.55. The highest BCUT2D eigenvalue weighted by Crippen LogP contribution is 2.18. The predicted octanol–water partition coefficient (Wildman–Crippen LogP) is 1.32. The lowest BCUT2D eigenvalue weighted by Crippen LogP contribution is -2.29. The van der Waals surface area contributed by atoms with E-state index in [0.717, 1.165) is 5.56 Å². The van der Waals surface area contributed by atoms with Gasteiger partial charge in [-0.1, -0.05) is 0 Å². The van der Waals surface area contributed by atoms with Crippen LogP contribution in [-0.4, -0.2) is 30.8 Å². The molecule has 0 spiro atoms. The molecule has 1 amide bonds. The maximum absolute atomic E-state index is 11.2. The van der Waals surface area contributed by atoms with E-state index in [9.17, 15) is 9.90 Å². The Morgan fingerprint density at radius 1 is 1.69 bits per heavy atom. The Labute approximate surface area is 99.2 Å². The number of hydrogen-bond donors (Lipinski definition) is 2. The van der Waals surface area contributed by atoms with Crippen LogP contribution >= 0.6 is 11.3 Å². The Bertz CT molecular complexity index is 300. The minimum atomic E-state index is -0.501. The maximum atomic E-state index is 11.2. The Balaban J connectivity index is 2.13. The lowest BCUT2D eigenvalue weighted by Gasteiger charge is -2.09. The van der Waals surface area contributed by atoms with Gasteiger partial charge >= 0.3 is 0 Å². The molecule has 0 aromatic carbocycles. The topological polar surface area (TPSA) is 58.6 Å². The Morgan fingerprint density at radius 2 is 2.50 bits per heavy atom. The van der Waals surface area contributed by atoms with Crippen LogP contribution in [0.5, 0.6) is 0 Å². The summed E-state index contributed by atoms with van der Waals surface area (Å²) in [7, 11) is 0. The Kier molecular flexibility index (Phi) is 6.07. The quantitative estimate of drug-likeness (QED) is 0.759. The zero-order valence-corrected chi connectivity index (χ0v) is 10.1. The van der Waals surface area contributed by atoms with Crippen molar-refractivity contribution in [3.05, 3.63) is 22.4 Å². The van der Waals surface area contributed by atoms with E-state index < -0.39 is 6.10 Å². The number of thiophene rings is 1.